The molecular weight excluding hydrogens is 497 g/mol. The van der Waals surface area contributed by atoms with Crippen LogP contribution in [0.3, 0.4) is 0 Å². The number of piperazine rings is 1. The van der Waals surface area contributed by atoms with Crippen molar-refractivity contribution in [2.45, 2.75) is 39.0 Å². The van der Waals surface area contributed by atoms with Gasteiger partial charge in [-0.3, -0.25) is 9.56 Å². The van der Waals surface area contributed by atoms with E-state index < -0.39 is 5.60 Å². The second kappa shape index (κ2) is 9.19. The lowest BCUT2D eigenvalue weighted by Gasteiger charge is -2.39. The molecule has 2 aliphatic rings. The van der Waals surface area contributed by atoms with E-state index >= 15 is 0 Å². The Balaban J connectivity index is 0.00000256. The third kappa shape index (κ3) is 5.02. The number of fused-ring (bicyclic) bond motifs is 1. The van der Waals surface area contributed by atoms with Gasteiger partial charge in [0.2, 0.25) is 0 Å². The summed E-state index contributed by atoms with van der Waals surface area (Å²) in [5.74, 6) is 1.66. The SMILES string of the molecule is CC(C)(C)OC(=O)N1CCN2C(NCc3nncn3-c3ccccc3)=NCC2C1.I. The number of hydrogen-bond acceptors (Lipinski definition) is 7. The maximum atomic E-state index is 12.4. The van der Waals surface area contributed by atoms with E-state index in [0.29, 0.717) is 26.2 Å². The smallest absolute Gasteiger partial charge is 0.410 e. The first-order chi connectivity index (χ1) is 13.9. The van der Waals surface area contributed by atoms with Crippen LogP contribution in [0, 0.1) is 0 Å². The number of aliphatic imine (C=N–C) groups is 1. The number of para-hydroxylation sites is 1. The van der Waals surface area contributed by atoms with Gasteiger partial charge in [-0.05, 0) is 32.9 Å². The van der Waals surface area contributed by atoms with Crippen molar-refractivity contribution in [1.29, 1.82) is 0 Å². The molecular formula is C20H28IN7O2. The molecule has 9 nitrogen and oxygen atoms in total. The summed E-state index contributed by atoms with van der Waals surface area (Å²) in [5.41, 5.74) is 0.536. The van der Waals surface area contributed by atoms with Crippen molar-refractivity contribution in [2.75, 3.05) is 26.2 Å². The highest BCUT2D eigenvalue weighted by molar-refractivity contribution is 14.0. The largest absolute Gasteiger partial charge is 0.444 e. The highest BCUT2D eigenvalue weighted by Crippen LogP contribution is 2.19. The fraction of sp³-hybridized carbons (Fsp3) is 0.500. The average molecular weight is 525 g/mol. The molecule has 1 saturated heterocycles. The van der Waals surface area contributed by atoms with Gasteiger partial charge in [0.25, 0.3) is 0 Å². The molecule has 0 aliphatic carbocycles. The van der Waals surface area contributed by atoms with Crippen molar-refractivity contribution >= 4 is 36.0 Å². The summed E-state index contributed by atoms with van der Waals surface area (Å²) in [4.78, 5) is 21.0. The lowest BCUT2D eigenvalue weighted by Crippen LogP contribution is -2.57. The summed E-state index contributed by atoms with van der Waals surface area (Å²) in [6.07, 6.45) is 1.46. The fourth-order valence-electron chi connectivity index (χ4n) is 3.56. The topological polar surface area (TPSA) is 87.9 Å². The molecule has 2 aliphatic heterocycles. The van der Waals surface area contributed by atoms with Crippen molar-refractivity contribution in [3.05, 3.63) is 42.5 Å². The highest BCUT2D eigenvalue weighted by Gasteiger charge is 2.36. The van der Waals surface area contributed by atoms with Crippen molar-refractivity contribution in [3.8, 4) is 5.69 Å². The summed E-state index contributed by atoms with van der Waals surface area (Å²) < 4.78 is 7.46. The first kappa shape index (κ1) is 22.3. The van der Waals surface area contributed by atoms with Crippen molar-refractivity contribution in [1.82, 2.24) is 29.9 Å². The number of nitrogens with one attached hydrogen (secondary N) is 1. The Hall–Kier alpha value is -2.37. The van der Waals surface area contributed by atoms with E-state index in [-0.39, 0.29) is 36.1 Å². The molecule has 0 radical (unpaired) electrons. The van der Waals surface area contributed by atoms with Gasteiger partial charge in [-0.15, -0.1) is 34.2 Å². The predicted octanol–water partition coefficient (Wildman–Crippen LogP) is 2.27. The summed E-state index contributed by atoms with van der Waals surface area (Å²) in [6.45, 7) is 8.79. The van der Waals surface area contributed by atoms with Crippen LogP contribution in [0.5, 0.6) is 0 Å². The second-order valence-corrected chi connectivity index (χ2v) is 8.24. The quantitative estimate of drug-likeness (QED) is 0.619. The van der Waals surface area contributed by atoms with Gasteiger partial charge in [-0.25, -0.2) is 4.79 Å². The third-order valence-corrected chi connectivity index (χ3v) is 4.92. The number of benzene rings is 1. The molecule has 162 valence electrons. The molecule has 1 unspecified atom stereocenters. The molecule has 0 spiro atoms. The lowest BCUT2D eigenvalue weighted by molar-refractivity contribution is 0.0137. The summed E-state index contributed by atoms with van der Waals surface area (Å²) in [6, 6.07) is 10.2. The summed E-state index contributed by atoms with van der Waals surface area (Å²) >= 11 is 0. The molecule has 10 heteroatoms. The van der Waals surface area contributed by atoms with Crippen LogP contribution in [-0.4, -0.2) is 74.4 Å². The zero-order valence-corrected chi connectivity index (χ0v) is 19.8. The Bertz CT molecular complexity index is 894. The Kier molecular flexibility index (Phi) is 6.84. The van der Waals surface area contributed by atoms with E-state index in [9.17, 15) is 4.79 Å². The highest BCUT2D eigenvalue weighted by atomic mass is 127. The number of hydrogen-bond donors (Lipinski definition) is 1. The van der Waals surface area contributed by atoms with Crippen LogP contribution in [0.25, 0.3) is 5.69 Å². The average Bonchev–Trinajstić information content (AvgIpc) is 3.32. The minimum atomic E-state index is -0.484. The fourth-order valence-corrected chi connectivity index (χ4v) is 3.56. The van der Waals surface area contributed by atoms with Crippen LogP contribution < -0.4 is 5.32 Å². The van der Waals surface area contributed by atoms with Crippen molar-refractivity contribution < 1.29 is 9.53 Å². The van der Waals surface area contributed by atoms with E-state index in [4.69, 9.17) is 4.74 Å². The van der Waals surface area contributed by atoms with Crippen LogP contribution in [-0.2, 0) is 11.3 Å². The first-order valence-electron chi connectivity index (χ1n) is 9.88. The zero-order valence-electron chi connectivity index (χ0n) is 17.5. The number of nitrogens with zero attached hydrogens (tertiary/aromatic N) is 6. The normalized spacial score (nSPS) is 18.4. The minimum absolute atomic E-state index is 0. The van der Waals surface area contributed by atoms with E-state index in [2.05, 4.69) is 25.4 Å². The van der Waals surface area contributed by atoms with Gasteiger partial charge < -0.3 is 19.9 Å². The molecule has 4 rings (SSSR count). The molecule has 1 fully saturated rings. The van der Waals surface area contributed by atoms with Gasteiger partial charge in [0.15, 0.2) is 11.8 Å². The van der Waals surface area contributed by atoms with Gasteiger partial charge in [-0.2, -0.15) is 0 Å². The maximum Gasteiger partial charge on any atom is 0.410 e. The van der Waals surface area contributed by atoms with E-state index in [1.807, 2.05) is 55.7 Å². The van der Waals surface area contributed by atoms with Gasteiger partial charge in [0.1, 0.15) is 11.9 Å². The van der Waals surface area contributed by atoms with Crippen LogP contribution >= 0.6 is 24.0 Å². The van der Waals surface area contributed by atoms with E-state index in [1.54, 1.807) is 11.2 Å². The van der Waals surface area contributed by atoms with Crippen molar-refractivity contribution in [2.24, 2.45) is 4.99 Å². The van der Waals surface area contributed by atoms with Crippen molar-refractivity contribution in [3.63, 3.8) is 0 Å². The van der Waals surface area contributed by atoms with E-state index in [0.717, 1.165) is 24.0 Å². The number of aromatic nitrogens is 3. The maximum absolute atomic E-state index is 12.4. The Labute approximate surface area is 193 Å². The third-order valence-electron chi connectivity index (χ3n) is 4.92. The molecule has 30 heavy (non-hydrogen) atoms. The predicted molar refractivity (Wildman–Crippen MR) is 124 cm³/mol. The molecule has 0 saturated carbocycles. The zero-order chi connectivity index (χ0) is 20.4. The summed E-state index contributed by atoms with van der Waals surface area (Å²) in [7, 11) is 0. The number of halogens is 1. The van der Waals surface area contributed by atoms with E-state index in [1.165, 1.54) is 0 Å². The molecule has 1 amide bonds. The van der Waals surface area contributed by atoms with Crippen LogP contribution in [0.15, 0.2) is 41.7 Å². The number of rotatable bonds is 3. The molecule has 2 aromatic rings. The minimum Gasteiger partial charge on any atom is -0.444 e. The number of carbonyl (C=O) groups excluding carboxylic acids is 1. The number of amides is 1. The number of guanidine groups is 1. The number of carbonyl (C=O) groups is 1. The van der Waals surface area contributed by atoms with Crippen LogP contribution in [0.2, 0.25) is 0 Å². The van der Waals surface area contributed by atoms with Crippen LogP contribution in [0.1, 0.15) is 26.6 Å². The lowest BCUT2D eigenvalue weighted by atomic mass is 10.2. The molecule has 0 bridgehead atoms. The van der Waals surface area contributed by atoms with Gasteiger partial charge in [0, 0.05) is 25.3 Å². The van der Waals surface area contributed by atoms with Crippen LogP contribution in [0.4, 0.5) is 4.79 Å². The Morgan fingerprint density at radius 3 is 2.73 bits per heavy atom. The van der Waals surface area contributed by atoms with Gasteiger partial charge >= 0.3 is 6.09 Å². The molecule has 3 heterocycles. The standard InChI is InChI=1S/C20H27N7O2.HI/c1-20(2,3)29-19(28)25-9-10-26-16(13-25)11-21-18(26)22-12-17-24-23-14-27(17)15-7-5-4-6-8-15;/h4-8,14,16H,9-13H2,1-3H3,(H,21,22);1H. The second-order valence-electron chi connectivity index (χ2n) is 8.24. The summed E-state index contributed by atoms with van der Waals surface area (Å²) in [5, 5.41) is 11.7. The molecule has 1 N–H and O–H groups in total. The Morgan fingerprint density at radius 2 is 2.00 bits per heavy atom. The molecule has 1 aromatic heterocycles. The number of ether oxygens (including phenoxy) is 1. The van der Waals surface area contributed by atoms with Gasteiger partial charge in [-0.1, -0.05) is 18.2 Å². The first-order valence-corrected chi connectivity index (χ1v) is 9.88. The molecule has 1 atom stereocenters. The monoisotopic (exact) mass is 525 g/mol. The Morgan fingerprint density at radius 1 is 1.23 bits per heavy atom. The molecule has 1 aromatic carbocycles. The van der Waals surface area contributed by atoms with Gasteiger partial charge in [0.05, 0.1) is 19.1 Å².